The molecule has 0 spiro atoms. The third-order valence-corrected chi connectivity index (χ3v) is 2.32. The maximum absolute atomic E-state index is 10.6. The summed E-state index contributed by atoms with van der Waals surface area (Å²) in [5, 5.41) is 4.71. The van der Waals surface area contributed by atoms with E-state index in [1.54, 1.807) is 24.5 Å². The van der Waals surface area contributed by atoms with Gasteiger partial charge in [0.05, 0.1) is 24.0 Å². The second-order valence-corrected chi connectivity index (χ2v) is 4.23. The normalized spacial score (nSPS) is 12.1. The minimum atomic E-state index is -3.89. The molecule has 1 heterocycles. The highest BCUT2D eigenvalue weighted by Gasteiger charge is 2.04. The third-order valence-electron chi connectivity index (χ3n) is 1.87. The molecule has 2 rings (SSSR count). The van der Waals surface area contributed by atoms with Crippen molar-refractivity contribution in [2.45, 2.75) is 6.61 Å². The van der Waals surface area contributed by atoms with E-state index in [4.69, 9.17) is 5.14 Å². The van der Waals surface area contributed by atoms with E-state index in [2.05, 4.69) is 14.2 Å². The Balaban J connectivity index is 2.21. The van der Waals surface area contributed by atoms with Gasteiger partial charge in [0.2, 0.25) is 0 Å². The molecule has 15 heavy (non-hydrogen) atoms. The molecule has 6 nitrogen and oxygen atoms in total. The minimum Gasteiger partial charge on any atom is -0.345 e. The largest absolute Gasteiger partial charge is 0.345 e. The molecule has 2 aromatic rings. The predicted octanol–water partition coefficient (Wildman–Crippen LogP) is 0.283. The second-order valence-electron chi connectivity index (χ2n) is 3.01. The van der Waals surface area contributed by atoms with Crippen LogP contribution in [0.2, 0.25) is 0 Å². The lowest BCUT2D eigenvalue weighted by Gasteiger charge is -2.00. The van der Waals surface area contributed by atoms with Gasteiger partial charge in [-0.05, 0) is 17.7 Å². The Morgan fingerprint density at radius 3 is 3.00 bits per heavy atom. The molecule has 1 aromatic heterocycles. The summed E-state index contributed by atoms with van der Waals surface area (Å²) in [6, 6.07) is 5.26. The van der Waals surface area contributed by atoms with E-state index in [9.17, 15) is 8.42 Å². The van der Waals surface area contributed by atoms with Crippen molar-refractivity contribution >= 4 is 21.3 Å². The molecule has 80 valence electrons. The van der Waals surface area contributed by atoms with Crippen molar-refractivity contribution in [2.24, 2.45) is 5.14 Å². The van der Waals surface area contributed by atoms with Gasteiger partial charge in [-0.15, -0.1) is 0 Å². The lowest BCUT2D eigenvalue weighted by Crippen LogP contribution is -2.15. The summed E-state index contributed by atoms with van der Waals surface area (Å²) in [5.74, 6) is 0. The number of hydrogen-bond donors (Lipinski definition) is 2. The number of nitrogens with two attached hydrogens (primary N) is 1. The molecular weight excluding hydrogens is 218 g/mol. The first kappa shape index (κ1) is 10.1. The number of aromatic nitrogens is 2. The van der Waals surface area contributed by atoms with Crippen LogP contribution in [0.1, 0.15) is 5.56 Å². The van der Waals surface area contributed by atoms with Gasteiger partial charge in [-0.1, -0.05) is 6.07 Å². The van der Waals surface area contributed by atoms with Crippen molar-refractivity contribution in [3.8, 4) is 0 Å². The van der Waals surface area contributed by atoms with E-state index in [1.165, 1.54) is 0 Å². The van der Waals surface area contributed by atoms with E-state index >= 15 is 0 Å². The van der Waals surface area contributed by atoms with Gasteiger partial charge in [-0.2, -0.15) is 8.42 Å². The van der Waals surface area contributed by atoms with Crippen LogP contribution in [0.25, 0.3) is 11.0 Å². The van der Waals surface area contributed by atoms with Crippen LogP contribution >= 0.6 is 0 Å². The Morgan fingerprint density at radius 2 is 2.27 bits per heavy atom. The number of H-pyrrole nitrogens is 1. The average molecular weight is 227 g/mol. The SMILES string of the molecule is NS(=O)(=O)OCc1ccc2nc[nH]c2c1. The molecule has 0 aliphatic heterocycles. The molecule has 0 unspecified atom stereocenters. The number of aromatic amines is 1. The maximum Gasteiger partial charge on any atom is 0.333 e. The van der Waals surface area contributed by atoms with Crippen LogP contribution in [0, 0.1) is 0 Å². The molecule has 0 amide bonds. The molecule has 3 N–H and O–H groups in total. The number of nitrogens with one attached hydrogen (secondary N) is 1. The standard InChI is InChI=1S/C8H9N3O3S/c9-15(12,13)14-4-6-1-2-7-8(3-6)11-5-10-7/h1-3,5H,4H2,(H,10,11)(H2,9,12,13). The van der Waals surface area contributed by atoms with Gasteiger partial charge in [0.1, 0.15) is 0 Å². The van der Waals surface area contributed by atoms with Crippen LogP contribution in [0.3, 0.4) is 0 Å². The van der Waals surface area contributed by atoms with E-state index in [0.29, 0.717) is 5.56 Å². The Kier molecular flexibility index (Phi) is 2.43. The Hall–Kier alpha value is -1.44. The average Bonchev–Trinajstić information content (AvgIpc) is 2.60. The van der Waals surface area contributed by atoms with Crippen molar-refractivity contribution in [2.75, 3.05) is 0 Å². The molecule has 0 aliphatic carbocycles. The Labute approximate surface area is 86.3 Å². The minimum absolute atomic E-state index is 0.0756. The molecule has 7 heteroatoms. The number of rotatable bonds is 3. The zero-order chi connectivity index (χ0) is 10.9. The van der Waals surface area contributed by atoms with E-state index < -0.39 is 10.3 Å². The van der Waals surface area contributed by atoms with Crippen molar-refractivity contribution < 1.29 is 12.6 Å². The summed E-state index contributed by atoms with van der Waals surface area (Å²) in [4.78, 5) is 6.94. The van der Waals surface area contributed by atoms with Gasteiger partial charge in [-0.3, -0.25) is 4.18 Å². The van der Waals surface area contributed by atoms with Crippen LogP contribution in [-0.4, -0.2) is 18.4 Å². The van der Waals surface area contributed by atoms with Crippen LogP contribution in [0.15, 0.2) is 24.5 Å². The first-order valence-electron chi connectivity index (χ1n) is 4.14. The van der Waals surface area contributed by atoms with E-state index in [-0.39, 0.29) is 6.61 Å². The molecule has 0 aliphatic rings. The van der Waals surface area contributed by atoms with E-state index in [1.807, 2.05) is 0 Å². The van der Waals surface area contributed by atoms with Gasteiger partial charge in [-0.25, -0.2) is 10.1 Å². The monoisotopic (exact) mass is 227 g/mol. The van der Waals surface area contributed by atoms with Crippen LogP contribution in [-0.2, 0) is 21.1 Å². The topological polar surface area (TPSA) is 98.1 Å². The molecule has 0 bridgehead atoms. The molecule has 0 atom stereocenters. The number of nitrogens with zero attached hydrogens (tertiary/aromatic N) is 1. The number of fused-ring (bicyclic) bond motifs is 1. The lowest BCUT2D eigenvalue weighted by atomic mass is 10.2. The summed E-state index contributed by atoms with van der Waals surface area (Å²) in [6.07, 6.45) is 1.56. The van der Waals surface area contributed by atoms with Gasteiger partial charge >= 0.3 is 10.3 Å². The summed E-state index contributed by atoms with van der Waals surface area (Å²) in [6.45, 7) is -0.0756. The quantitative estimate of drug-likeness (QED) is 0.786. The van der Waals surface area contributed by atoms with Crippen LogP contribution < -0.4 is 5.14 Å². The highest BCUT2D eigenvalue weighted by Crippen LogP contribution is 2.12. The summed E-state index contributed by atoms with van der Waals surface area (Å²) < 4.78 is 25.6. The summed E-state index contributed by atoms with van der Waals surface area (Å²) in [5.41, 5.74) is 2.35. The molecule has 0 fully saturated rings. The van der Waals surface area contributed by atoms with Gasteiger partial charge in [0.15, 0.2) is 0 Å². The zero-order valence-corrected chi connectivity index (χ0v) is 8.49. The van der Waals surface area contributed by atoms with Crippen LogP contribution in [0.4, 0.5) is 0 Å². The molecule has 1 aromatic carbocycles. The number of imidazole rings is 1. The number of benzene rings is 1. The highest BCUT2D eigenvalue weighted by molar-refractivity contribution is 7.84. The van der Waals surface area contributed by atoms with Crippen molar-refractivity contribution in [3.05, 3.63) is 30.1 Å². The lowest BCUT2D eigenvalue weighted by molar-refractivity contribution is 0.309. The Morgan fingerprint density at radius 1 is 1.47 bits per heavy atom. The van der Waals surface area contributed by atoms with Gasteiger partial charge in [0.25, 0.3) is 0 Å². The summed E-state index contributed by atoms with van der Waals surface area (Å²) in [7, 11) is -3.89. The zero-order valence-electron chi connectivity index (χ0n) is 7.67. The molecule has 0 radical (unpaired) electrons. The Bertz CT molecular complexity index is 576. The molecule has 0 saturated heterocycles. The van der Waals surface area contributed by atoms with Gasteiger partial charge in [0, 0.05) is 0 Å². The van der Waals surface area contributed by atoms with Crippen molar-refractivity contribution in [3.63, 3.8) is 0 Å². The fourth-order valence-electron chi connectivity index (χ4n) is 1.22. The third kappa shape index (κ3) is 2.52. The van der Waals surface area contributed by atoms with Crippen molar-refractivity contribution in [1.82, 2.24) is 9.97 Å². The molecule has 0 saturated carbocycles. The fourth-order valence-corrected chi connectivity index (χ4v) is 1.52. The first-order chi connectivity index (χ1) is 7.04. The fraction of sp³-hybridized carbons (Fsp3) is 0.125. The van der Waals surface area contributed by atoms with Crippen LogP contribution in [0.5, 0.6) is 0 Å². The highest BCUT2D eigenvalue weighted by atomic mass is 32.2. The first-order valence-corrected chi connectivity index (χ1v) is 5.61. The van der Waals surface area contributed by atoms with Gasteiger partial charge < -0.3 is 4.98 Å². The second kappa shape index (κ2) is 3.61. The molecular formula is C8H9N3O3S. The van der Waals surface area contributed by atoms with E-state index in [0.717, 1.165) is 11.0 Å². The smallest absolute Gasteiger partial charge is 0.333 e. The maximum atomic E-state index is 10.6. The number of hydrogen-bond acceptors (Lipinski definition) is 4. The predicted molar refractivity (Wildman–Crippen MR) is 54.0 cm³/mol. The van der Waals surface area contributed by atoms with Crippen molar-refractivity contribution in [1.29, 1.82) is 0 Å². The summed E-state index contributed by atoms with van der Waals surface area (Å²) >= 11 is 0.